The van der Waals surface area contributed by atoms with E-state index in [1.807, 2.05) is 6.92 Å². The van der Waals surface area contributed by atoms with E-state index < -0.39 is 5.60 Å². The summed E-state index contributed by atoms with van der Waals surface area (Å²) in [6, 6.07) is 3.51. The third-order valence-electron chi connectivity index (χ3n) is 4.08. The molecule has 1 atom stereocenters. The Hall–Kier alpha value is -0.840. The Morgan fingerprint density at radius 1 is 1.38 bits per heavy atom. The topological polar surface area (TPSA) is 88.3 Å². The smallest absolute Gasteiger partial charge is 0.191 e. The zero-order valence-electron chi connectivity index (χ0n) is 15.7. The number of furan rings is 1. The molecule has 0 radical (unpaired) electrons. The largest absolute Gasteiger partial charge is 0.466 e. The Balaban J connectivity index is 0.00000338. The van der Waals surface area contributed by atoms with Crippen molar-refractivity contribution in [2.24, 2.45) is 4.99 Å². The van der Waals surface area contributed by atoms with Crippen LogP contribution in [0.3, 0.4) is 0 Å². The van der Waals surface area contributed by atoms with Gasteiger partial charge in [0, 0.05) is 32.9 Å². The number of nitrogens with one attached hydrogen (secondary N) is 2. The summed E-state index contributed by atoms with van der Waals surface area (Å²) in [5, 5.41) is 16.9. The second-order valence-electron chi connectivity index (χ2n) is 6.41. The van der Waals surface area contributed by atoms with Crippen LogP contribution in [0.15, 0.2) is 27.8 Å². The number of guanidine groups is 1. The first-order chi connectivity index (χ1) is 12.1. The summed E-state index contributed by atoms with van der Waals surface area (Å²) in [5.41, 5.74) is -1.13. The number of aliphatic hydroxyl groups is 1. The minimum absolute atomic E-state index is 0. The van der Waals surface area contributed by atoms with Crippen molar-refractivity contribution in [2.75, 3.05) is 39.5 Å². The van der Waals surface area contributed by atoms with E-state index in [2.05, 4.69) is 15.6 Å². The number of nitrogens with zero attached hydrogens (tertiary/aromatic N) is 1. The van der Waals surface area contributed by atoms with Gasteiger partial charge in [0.1, 0.15) is 11.4 Å². The number of ether oxygens (including phenoxy) is 2. The lowest BCUT2D eigenvalue weighted by molar-refractivity contribution is -0.0320. The highest BCUT2D eigenvalue weighted by Gasteiger charge is 2.26. The van der Waals surface area contributed by atoms with E-state index in [9.17, 15) is 5.11 Å². The lowest BCUT2D eigenvalue weighted by atomic mass is 10.0. The van der Waals surface area contributed by atoms with Gasteiger partial charge >= 0.3 is 0 Å². The first-order valence-electron chi connectivity index (χ1n) is 9.09. The average molecular weight is 481 g/mol. The van der Waals surface area contributed by atoms with Crippen LogP contribution in [0.1, 0.15) is 38.9 Å². The Bertz CT molecular complexity index is 503. The maximum atomic E-state index is 10.5. The van der Waals surface area contributed by atoms with E-state index >= 15 is 0 Å². The number of halogens is 1. The normalized spacial score (nSPS) is 18.0. The van der Waals surface area contributed by atoms with Crippen LogP contribution >= 0.6 is 24.0 Å². The van der Waals surface area contributed by atoms with Crippen molar-refractivity contribution in [3.05, 3.63) is 24.2 Å². The van der Waals surface area contributed by atoms with Gasteiger partial charge in [0.05, 0.1) is 18.9 Å². The standard InChI is InChI=1S/C18H31N3O4.HI/c1-3-19-17(21-14-18(2,22)16-6-4-10-25-16)20-9-5-11-24-15-7-12-23-13-8-15;/h4,6,10,15,22H,3,5,7-9,11-14H2,1-2H3,(H2,19,20,21);1H. The van der Waals surface area contributed by atoms with Gasteiger partial charge < -0.3 is 29.6 Å². The molecule has 2 heterocycles. The second kappa shape index (κ2) is 12.5. The van der Waals surface area contributed by atoms with Crippen molar-refractivity contribution in [1.82, 2.24) is 10.6 Å². The molecule has 150 valence electrons. The summed E-state index contributed by atoms with van der Waals surface area (Å²) in [7, 11) is 0. The molecule has 0 aromatic carbocycles. The summed E-state index contributed by atoms with van der Waals surface area (Å²) in [4.78, 5) is 4.46. The highest BCUT2D eigenvalue weighted by Crippen LogP contribution is 2.21. The van der Waals surface area contributed by atoms with Gasteiger partial charge in [0.2, 0.25) is 0 Å². The third-order valence-corrected chi connectivity index (χ3v) is 4.08. The van der Waals surface area contributed by atoms with Crippen molar-refractivity contribution < 1.29 is 19.0 Å². The first-order valence-corrected chi connectivity index (χ1v) is 9.09. The van der Waals surface area contributed by atoms with E-state index in [1.165, 1.54) is 0 Å². The minimum atomic E-state index is -1.13. The monoisotopic (exact) mass is 481 g/mol. The fourth-order valence-electron chi connectivity index (χ4n) is 2.61. The summed E-state index contributed by atoms with van der Waals surface area (Å²) in [6.07, 6.45) is 4.75. The molecule has 7 nitrogen and oxygen atoms in total. The summed E-state index contributed by atoms with van der Waals surface area (Å²) >= 11 is 0. The predicted molar refractivity (Wildman–Crippen MR) is 112 cm³/mol. The average Bonchev–Trinajstić information content (AvgIpc) is 3.16. The number of hydrogen-bond donors (Lipinski definition) is 3. The molecule has 3 N–H and O–H groups in total. The molecule has 0 spiro atoms. The van der Waals surface area contributed by atoms with Crippen molar-refractivity contribution in [3.63, 3.8) is 0 Å². The molecular weight excluding hydrogens is 449 g/mol. The summed E-state index contributed by atoms with van der Waals surface area (Å²) in [5.74, 6) is 1.19. The molecular formula is C18H32IN3O4. The van der Waals surface area contributed by atoms with Gasteiger partial charge in [-0.2, -0.15) is 0 Å². The molecule has 1 aliphatic heterocycles. The maximum absolute atomic E-state index is 10.5. The number of aliphatic imine (C=N–C) groups is 1. The summed E-state index contributed by atoms with van der Waals surface area (Å²) in [6.45, 7) is 7.77. The van der Waals surface area contributed by atoms with Crippen molar-refractivity contribution in [3.8, 4) is 0 Å². The van der Waals surface area contributed by atoms with Crippen LogP contribution in [0.4, 0.5) is 0 Å². The van der Waals surface area contributed by atoms with Gasteiger partial charge in [0.25, 0.3) is 0 Å². The maximum Gasteiger partial charge on any atom is 0.191 e. The molecule has 0 bridgehead atoms. The van der Waals surface area contributed by atoms with Crippen LogP contribution in [0.2, 0.25) is 0 Å². The summed E-state index contributed by atoms with van der Waals surface area (Å²) < 4.78 is 16.5. The Morgan fingerprint density at radius 3 is 2.81 bits per heavy atom. The van der Waals surface area contributed by atoms with Gasteiger partial charge in [-0.25, -0.2) is 4.99 Å². The minimum Gasteiger partial charge on any atom is -0.466 e. The van der Waals surface area contributed by atoms with Crippen LogP contribution in [0.5, 0.6) is 0 Å². The Morgan fingerprint density at radius 2 is 2.15 bits per heavy atom. The molecule has 1 fully saturated rings. The van der Waals surface area contributed by atoms with E-state index in [-0.39, 0.29) is 30.5 Å². The molecule has 8 heteroatoms. The molecule has 0 amide bonds. The lowest BCUT2D eigenvalue weighted by Gasteiger charge is -2.22. The van der Waals surface area contributed by atoms with Crippen LogP contribution in [0, 0.1) is 0 Å². The zero-order chi connectivity index (χ0) is 18.0. The quantitative estimate of drug-likeness (QED) is 0.217. The fourth-order valence-corrected chi connectivity index (χ4v) is 2.61. The van der Waals surface area contributed by atoms with Crippen molar-refractivity contribution >= 4 is 29.9 Å². The number of hydrogen-bond acceptors (Lipinski definition) is 5. The SMILES string of the molecule is CCNC(=NCC(C)(O)c1ccco1)NCCCOC1CCOCC1.I. The molecule has 2 rings (SSSR count). The number of rotatable bonds is 9. The van der Waals surface area contributed by atoms with Crippen LogP contribution in [-0.2, 0) is 15.1 Å². The Kier molecular flexibility index (Phi) is 11.2. The van der Waals surface area contributed by atoms with E-state index in [0.29, 0.717) is 17.8 Å². The first kappa shape index (κ1) is 23.2. The lowest BCUT2D eigenvalue weighted by Crippen LogP contribution is -2.39. The van der Waals surface area contributed by atoms with Gasteiger partial charge in [0.15, 0.2) is 5.96 Å². The molecule has 0 saturated carbocycles. The molecule has 1 unspecified atom stereocenters. The highest BCUT2D eigenvalue weighted by atomic mass is 127. The van der Waals surface area contributed by atoms with Crippen LogP contribution in [0.25, 0.3) is 0 Å². The molecule has 26 heavy (non-hydrogen) atoms. The highest BCUT2D eigenvalue weighted by molar-refractivity contribution is 14.0. The van der Waals surface area contributed by atoms with Gasteiger partial charge in [-0.3, -0.25) is 0 Å². The molecule has 1 aliphatic rings. The molecule has 1 aromatic heterocycles. The van der Waals surface area contributed by atoms with E-state index in [4.69, 9.17) is 13.9 Å². The second-order valence-corrected chi connectivity index (χ2v) is 6.41. The molecule has 1 saturated heterocycles. The third kappa shape index (κ3) is 8.24. The van der Waals surface area contributed by atoms with Gasteiger partial charge in [-0.05, 0) is 45.2 Å². The van der Waals surface area contributed by atoms with Crippen molar-refractivity contribution in [1.29, 1.82) is 0 Å². The zero-order valence-corrected chi connectivity index (χ0v) is 18.0. The van der Waals surface area contributed by atoms with Crippen LogP contribution in [-0.4, -0.2) is 56.6 Å². The van der Waals surface area contributed by atoms with E-state index in [1.54, 1.807) is 25.3 Å². The van der Waals surface area contributed by atoms with Gasteiger partial charge in [-0.1, -0.05) is 0 Å². The van der Waals surface area contributed by atoms with E-state index in [0.717, 1.165) is 52.2 Å². The molecule has 1 aromatic rings. The fraction of sp³-hybridized carbons (Fsp3) is 0.722. The van der Waals surface area contributed by atoms with Crippen molar-refractivity contribution in [2.45, 2.75) is 44.8 Å². The predicted octanol–water partition coefficient (Wildman–Crippen LogP) is 2.25. The van der Waals surface area contributed by atoms with Gasteiger partial charge in [-0.15, -0.1) is 24.0 Å². The van der Waals surface area contributed by atoms with Crippen LogP contribution < -0.4 is 10.6 Å². The molecule has 0 aliphatic carbocycles. The Labute approximate surface area is 172 Å².